The van der Waals surface area contributed by atoms with Crippen molar-refractivity contribution in [2.75, 3.05) is 13.7 Å². The molecule has 0 spiro atoms. The maximum absolute atomic E-state index is 11.8. The smallest absolute Gasteiger partial charge is 0.408 e. The number of nitrogens with one attached hydrogen (secondary N) is 1. The second-order valence-corrected chi connectivity index (χ2v) is 13.7. The first kappa shape index (κ1) is 23.4. The van der Waals surface area contributed by atoms with Gasteiger partial charge in [0.15, 0.2) is 0 Å². The molecule has 0 radical (unpaired) electrons. The Kier molecular flexibility index (Phi) is 10.4. The Balaban J connectivity index is 4.16. The molecule has 0 heterocycles. The third kappa shape index (κ3) is 14.5. The van der Waals surface area contributed by atoms with Gasteiger partial charge in [0, 0.05) is 14.3 Å². The zero-order chi connectivity index (χ0) is 19.5. The lowest BCUT2D eigenvalue weighted by atomic mass is 10.1. The number of hydrogen-bond donors (Lipinski definition) is 1. The van der Waals surface area contributed by atoms with Crippen LogP contribution >= 0.6 is 0 Å². The number of amides is 1. The maximum atomic E-state index is 11.8. The molecule has 0 bridgehead atoms. The molecule has 0 saturated carbocycles. The van der Waals surface area contributed by atoms with E-state index in [1.54, 1.807) is 27.0 Å². The largest absolute Gasteiger partial charge is 0.467 e. The Morgan fingerprint density at radius 3 is 2.40 bits per heavy atom. The molecule has 1 atom stereocenters. The molecule has 7 nitrogen and oxygen atoms in total. The fraction of sp³-hybridized carbons (Fsp3) is 0.824. The Bertz CT molecular complexity index is 441. The predicted octanol–water partition coefficient (Wildman–Crippen LogP) is 3.56. The zero-order valence-corrected chi connectivity index (χ0v) is 17.7. The number of hydrogen-bond acceptors (Lipinski definition) is 6. The van der Waals surface area contributed by atoms with Crippen molar-refractivity contribution in [3.63, 3.8) is 0 Å². The van der Waals surface area contributed by atoms with Crippen LogP contribution in [0.3, 0.4) is 0 Å². The summed E-state index contributed by atoms with van der Waals surface area (Å²) >= 11 is 0. The van der Waals surface area contributed by atoms with E-state index in [0.717, 1.165) is 6.04 Å². The van der Waals surface area contributed by atoms with Crippen LogP contribution in [0.1, 0.15) is 40.0 Å². The number of nitrogens with zero attached hydrogens (tertiary/aromatic N) is 1. The second-order valence-electron chi connectivity index (χ2n) is 8.08. The molecule has 0 aromatic heterocycles. The van der Waals surface area contributed by atoms with E-state index < -0.39 is 31.8 Å². The molecule has 0 aliphatic heterocycles. The molecule has 0 aromatic rings. The number of ether oxygens (including phenoxy) is 2. The average Bonchev–Trinajstić information content (AvgIpc) is 2.44. The summed E-state index contributed by atoms with van der Waals surface area (Å²) < 4.78 is 9.88. The highest BCUT2D eigenvalue weighted by Crippen LogP contribution is 2.09. The molecule has 8 heteroatoms. The first-order chi connectivity index (χ1) is 11.4. The van der Waals surface area contributed by atoms with Gasteiger partial charge in [-0.25, -0.2) is 9.59 Å². The lowest BCUT2D eigenvalue weighted by Crippen LogP contribution is -2.44. The van der Waals surface area contributed by atoms with E-state index in [4.69, 9.17) is 14.3 Å². The highest BCUT2D eigenvalue weighted by Gasteiger charge is 2.24. The number of esters is 1. The molecular weight excluding hydrogens is 340 g/mol. The van der Waals surface area contributed by atoms with E-state index in [1.807, 2.05) is 0 Å². The predicted molar refractivity (Wildman–Crippen MR) is 102 cm³/mol. The lowest BCUT2D eigenvalue weighted by molar-refractivity contribution is -0.143. The normalized spacial score (nSPS) is 13.4. The maximum Gasteiger partial charge on any atom is 0.408 e. The Hall–Kier alpha value is -1.57. The van der Waals surface area contributed by atoms with Crippen molar-refractivity contribution < 1.29 is 23.9 Å². The van der Waals surface area contributed by atoms with E-state index in [2.05, 4.69) is 30.1 Å². The van der Waals surface area contributed by atoms with E-state index in [-0.39, 0.29) is 0 Å². The summed E-state index contributed by atoms with van der Waals surface area (Å²) in [5, 5.41) is 6.46. The van der Waals surface area contributed by atoms with Gasteiger partial charge < -0.3 is 19.6 Å². The first-order valence-electron chi connectivity index (χ1n) is 8.66. The van der Waals surface area contributed by atoms with Gasteiger partial charge in [0.2, 0.25) is 0 Å². The molecule has 146 valence electrons. The van der Waals surface area contributed by atoms with Crippen molar-refractivity contribution in [2.45, 2.75) is 77.4 Å². The minimum atomic E-state index is -1.10. The molecular formula is C17H34N2O5Si. The van der Waals surface area contributed by atoms with Crippen LogP contribution in [0.15, 0.2) is 5.16 Å². The van der Waals surface area contributed by atoms with Gasteiger partial charge in [-0.3, -0.25) is 0 Å². The minimum Gasteiger partial charge on any atom is -0.467 e. The summed E-state index contributed by atoms with van der Waals surface area (Å²) in [4.78, 5) is 28.8. The fourth-order valence-electron chi connectivity index (χ4n) is 1.76. The number of methoxy groups -OCH3 is 1. The van der Waals surface area contributed by atoms with Crippen molar-refractivity contribution >= 4 is 26.4 Å². The van der Waals surface area contributed by atoms with Gasteiger partial charge in [-0.1, -0.05) is 24.8 Å². The molecule has 0 aliphatic carbocycles. The van der Waals surface area contributed by atoms with Gasteiger partial charge in [0.1, 0.15) is 18.2 Å². The molecule has 0 aliphatic rings. The summed E-state index contributed by atoms with van der Waals surface area (Å²) in [6.45, 7) is 12.8. The number of unbranched alkanes of at least 4 members (excludes halogenated alkanes) is 1. The molecule has 1 N–H and O–H groups in total. The standard InChI is InChI=1S/C17H34N2O5Si/c1-17(2,3)24-16(21)19-14(15(20)22-4)10-8-9-11-18-23-12-13-25(5,6)7/h11,14H,8-10,12-13H2,1-7H3,(H,19,21)/b18-11+/t14-/m0/s1. The van der Waals surface area contributed by atoms with Gasteiger partial charge in [0.05, 0.1) is 7.11 Å². The van der Waals surface area contributed by atoms with E-state index >= 15 is 0 Å². The fourth-order valence-corrected chi connectivity index (χ4v) is 2.47. The number of rotatable bonds is 10. The molecule has 1 amide bonds. The monoisotopic (exact) mass is 374 g/mol. The number of carbonyl (C=O) groups is 2. The molecule has 0 aromatic carbocycles. The Morgan fingerprint density at radius 1 is 1.24 bits per heavy atom. The van der Waals surface area contributed by atoms with Gasteiger partial charge >= 0.3 is 12.1 Å². The molecule has 0 rings (SSSR count). The third-order valence-electron chi connectivity index (χ3n) is 3.10. The minimum absolute atomic E-state index is 0.437. The Morgan fingerprint density at radius 2 is 1.88 bits per heavy atom. The Labute approximate surface area is 152 Å². The van der Waals surface area contributed by atoms with Crippen molar-refractivity contribution in [3.8, 4) is 0 Å². The zero-order valence-electron chi connectivity index (χ0n) is 16.7. The summed E-state index contributed by atoms with van der Waals surface area (Å²) in [6.07, 6.45) is 2.80. The van der Waals surface area contributed by atoms with Crippen LogP contribution in [0.5, 0.6) is 0 Å². The SMILES string of the molecule is COC(=O)[C@H](CCC/C=N/OCC[Si](C)(C)C)NC(=O)OC(C)(C)C. The van der Waals surface area contributed by atoms with Gasteiger partial charge in [-0.05, 0) is 46.1 Å². The lowest BCUT2D eigenvalue weighted by Gasteiger charge is -2.22. The van der Waals surface area contributed by atoms with E-state index in [0.29, 0.717) is 25.9 Å². The quantitative estimate of drug-likeness (QED) is 0.208. The van der Waals surface area contributed by atoms with E-state index in [1.165, 1.54) is 7.11 Å². The number of carbonyl (C=O) groups excluding carboxylic acids is 2. The van der Waals surface area contributed by atoms with Crippen molar-refractivity contribution in [2.24, 2.45) is 5.16 Å². The summed E-state index contributed by atoms with van der Waals surface area (Å²) in [7, 11) is 0.192. The van der Waals surface area contributed by atoms with Crippen LogP contribution in [-0.2, 0) is 19.1 Å². The first-order valence-corrected chi connectivity index (χ1v) is 12.4. The number of alkyl carbamates (subject to hydrolysis) is 1. The van der Waals surface area contributed by atoms with Crippen LogP contribution in [0.4, 0.5) is 4.79 Å². The topological polar surface area (TPSA) is 86.2 Å². The van der Waals surface area contributed by atoms with Gasteiger partial charge in [-0.15, -0.1) is 0 Å². The molecule has 0 saturated heterocycles. The van der Waals surface area contributed by atoms with Crippen LogP contribution in [0.25, 0.3) is 0 Å². The highest BCUT2D eigenvalue weighted by molar-refractivity contribution is 6.76. The van der Waals surface area contributed by atoms with Crippen LogP contribution in [0, 0.1) is 0 Å². The summed E-state index contributed by atoms with van der Waals surface area (Å²) in [5.41, 5.74) is -0.620. The summed E-state index contributed by atoms with van der Waals surface area (Å²) in [5.74, 6) is -0.491. The second kappa shape index (κ2) is 11.1. The van der Waals surface area contributed by atoms with Crippen LogP contribution < -0.4 is 5.32 Å². The van der Waals surface area contributed by atoms with Crippen molar-refractivity contribution in [3.05, 3.63) is 0 Å². The number of oxime groups is 1. The van der Waals surface area contributed by atoms with Crippen LogP contribution in [0.2, 0.25) is 25.7 Å². The van der Waals surface area contributed by atoms with E-state index in [9.17, 15) is 9.59 Å². The summed E-state index contributed by atoms with van der Waals surface area (Å²) in [6, 6.07) is 0.329. The third-order valence-corrected chi connectivity index (χ3v) is 4.80. The van der Waals surface area contributed by atoms with Gasteiger partial charge in [0.25, 0.3) is 0 Å². The average molecular weight is 375 g/mol. The van der Waals surface area contributed by atoms with Crippen molar-refractivity contribution in [1.29, 1.82) is 0 Å². The van der Waals surface area contributed by atoms with Crippen molar-refractivity contribution in [1.82, 2.24) is 5.32 Å². The molecule has 25 heavy (non-hydrogen) atoms. The highest BCUT2D eigenvalue weighted by atomic mass is 28.3. The molecule has 0 fully saturated rings. The molecule has 0 unspecified atom stereocenters. The van der Waals surface area contributed by atoms with Crippen LogP contribution in [-0.4, -0.2) is 51.7 Å². The van der Waals surface area contributed by atoms with Gasteiger partial charge in [-0.2, -0.15) is 0 Å².